The standard InChI is InChI=1S/C13H16N2/c1-14-9-8-12-6-2-3-7-13(12)15-10-4-5-11-15/h2-3,6-7H,4-5,8-11H2. The zero-order valence-corrected chi connectivity index (χ0v) is 8.95. The molecule has 0 aliphatic carbocycles. The highest BCUT2D eigenvalue weighted by Gasteiger charge is 2.15. The zero-order chi connectivity index (χ0) is 10.5. The Labute approximate surface area is 91.3 Å². The van der Waals surface area contributed by atoms with Gasteiger partial charge in [-0.1, -0.05) is 18.2 Å². The van der Waals surface area contributed by atoms with Crippen molar-refractivity contribution in [1.82, 2.24) is 0 Å². The van der Waals surface area contributed by atoms with Crippen LogP contribution >= 0.6 is 0 Å². The Balaban J connectivity index is 2.17. The van der Waals surface area contributed by atoms with Gasteiger partial charge in [0.25, 0.3) is 0 Å². The molecule has 0 N–H and O–H groups in total. The van der Waals surface area contributed by atoms with Crippen LogP contribution in [0.2, 0.25) is 0 Å². The maximum absolute atomic E-state index is 6.84. The van der Waals surface area contributed by atoms with Crippen molar-refractivity contribution in [2.75, 3.05) is 24.5 Å². The zero-order valence-electron chi connectivity index (χ0n) is 8.95. The van der Waals surface area contributed by atoms with E-state index in [0.29, 0.717) is 6.54 Å². The molecular weight excluding hydrogens is 184 g/mol. The quantitative estimate of drug-likeness (QED) is 0.681. The van der Waals surface area contributed by atoms with Crippen LogP contribution in [0.4, 0.5) is 5.69 Å². The van der Waals surface area contributed by atoms with Crippen molar-refractivity contribution < 1.29 is 0 Å². The van der Waals surface area contributed by atoms with Crippen molar-refractivity contribution in [3.8, 4) is 0 Å². The number of hydrogen-bond donors (Lipinski definition) is 0. The van der Waals surface area contributed by atoms with Crippen LogP contribution in [0.25, 0.3) is 4.85 Å². The summed E-state index contributed by atoms with van der Waals surface area (Å²) >= 11 is 0. The smallest absolute Gasteiger partial charge is 0.218 e. The fourth-order valence-corrected chi connectivity index (χ4v) is 2.17. The summed E-state index contributed by atoms with van der Waals surface area (Å²) in [6, 6.07) is 8.50. The third-order valence-corrected chi connectivity index (χ3v) is 2.93. The Morgan fingerprint density at radius 2 is 1.93 bits per heavy atom. The Hall–Kier alpha value is -1.49. The highest BCUT2D eigenvalue weighted by molar-refractivity contribution is 5.54. The molecule has 1 fully saturated rings. The van der Waals surface area contributed by atoms with Crippen LogP contribution < -0.4 is 4.90 Å². The van der Waals surface area contributed by atoms with Crippen LogP contribution in [0.15, 0.2) is 24.3 Å². The minimum atomic E-state index is 0.602. The van der Waals surface area contributed by atoms with Gasteiger partial charge >= 0.3 is 0 Å². The van der Waals surface area contributed by atoms with E-state index in [4.69, 9.17) is 6.57 Å². The van der Waals surface area contributed by atoms with Crippen LogP contribution in [0.1, 0.15) is 18.4 Å². The summed E-state index contributed by atoms with van der Waals surface area (Å²) in [6.45, 7) is 9.80. The summed E-state index contributed by atoms with van der Waals surface area (Å²) in [7, 11) is 0. The monoisotopic (exact) mass is 200 g/mol. The summed E-state index contributed by atoms with van der Waals surface area (Å²) in [6.07, 6.45) is 3.49. The van der Waals surface area contributed by atoms with Gasteiger partial charge in [-0.25, -0.2) is 6.57 Å². The SMILES string of the molecule is [C-]#[N+]CCc1ccccc1N1CCCC1. The second-order valence-corrected chi connectivity index (χ2v) is 3.95. The number of anilines is 1. The summed E-state index contributed by atoms with van der Waals surface area (Å²) in [5.74, 6) is 0. The van der Waals surface area contributed by atoms with Crippen molar-refractivity contribution in [3.63, 3.8) is 0 Å². The minimum absolute atomic E-state index is 0.602. The summed E-state index contributed by atoms with van der Waals surface area (Å²) < 4.78 is 0. The van der Waals surface area contributed by atoms with Gasteiger partial charge in [0.15, 0.2) is 0 Å². The molecule has 1 heterocycles. The van der Waals surface area contributed by atoms with Crippen molar-refractivity contribution in [3.05, 3.63) is 41.2 Å². The maximum Gasteiger partial charge on any atom is 0.218 e. The molecule has 2 rings (SSSR count). The predicted octanol–water partition coefficient (Wildman–Crippen LogP) is 2.75. The Bertz CT molecular complexity index is 359. The van der Waals surface area contributed by atoms with E-state index in [9.17, 15) is 0 Å². The third-order valence-electron chi connectivity index (χ3n) is 2.93. The van der Waals surface area contributed by atoms with E-state index in [1.807, 2.05) is 0 Å². The van der Waals surface area contributed by atoms with Gasteiger partial charge in [-0.2, -0.15) is 0 Å². The van der Waals surface area contributed by atoms with Crippen LogP contribution in [-0.4, -0.2) is 19.6 Å². The van der Waals surface area contributed by atoms with Crippen LogP contribution in [-0.2, 0) is 6.42 Å². The first kappa shape index (κ1) is 10.0. The highest BCUT2D eigenvalue weighted by Crippen LogP contribution is 2.24. The number of benzene rings is 1. The average molecular weight is 200 g/mol. The van der Waals surface area contributed by atoms with Crippen molar-refractivity contribution in [2.24, 2.45) is 0 Å². The summed E-state index contributed by atoms with van der Waals surface area (Å²) in [4.78, 5) is 5.87. The molecule has 1 saturated heterocycles. The molecule has 0 bridgehead atoms. The number of para-hydroxylation sites is 1. The molecule has 0 spiro atoms. The largest absolute Gasteiger partial charge is 0.371 e. The first-order valence-corrected chi connectivity index (χ1v) is 5.58. The van der Waals surface area contributed by atoms with Gasteiger partial charge in [0.2, 0.25) is 6.54 Å². The average Bonchev–Trinajstić information content (AvgIpc) is 2.80. The van der Waals surface area contributed by atoms with E-state index in [0.717, 1.165) is 6.42 Å². The molecule has 1 aromatic rings. The molecule has 2 heteroatoms. The molecule has 0 atom stereocenters. The molecule has 0 aromatic heterocycles. The maximum atomic E-state index is 6.84. The van der Waals surface area contributed by atoms with E-state index in [-0.39, 0.29) is 0 Å². The third kappa shape index (κ3) is 2.30. The molecule has 0 saturated carbocycles. The molecule has 0 unspecified atom stereocenters. The Kier molecular flexibility index (Phi) is 3.24. The van der Waals surface area contributed by atoms with E-state index in [1.54, 1.807) is 0 Å². The molecular formula is C13H16N2. The van der Waals surface area contributed by atoms with Gasteiger partial charge in [0.1, 0.15) is 0 Å². The second kappa shape index (κ2) is 4.84. The Morgan fingerprint density at radius 3 is 2.67 bits per heavy atom. The van der Waals surface area contributed by atoms with Crippen molar-refractivity contribution in [2.45, 2.75) is 19.3 Å². The lowest BCUT2D eigenvalue weighted by atomic mass is 10.1. The number of nitrogens with zero attached hydrogens (tertiary/aromatic N) is 2. The fraction of sp³-hybridized carbons (Fsp3) is 0.462. The minimum Gasteiger partial charge on any atom is -0.371 e. The number of rotatable bonds is 3. The summed E-state index contributed by atoms with van der Waals surface area (Å²) in [5.41, 5.74) is 2.68. The first-order chi connectivity index (χ1) is 7.42. The second-order valence-electron chi connectivity index (χ2n) is 3.95. The molecule has 1 aliphatic rings. The number of hydrogen-bond acceptors (Lipinski definition) is 1. The van der Waals surface area contributed by atoms with Gasteiger partial charge in [-0.3, -0.25) is 0 Å². The predicted molar refractivity (Wildman–Crippen MR) is 63.1 cm³/mol. The van der Waals surface area contributed by atoms with Gasteiger partial charge in [0.05, 0.1) is 0 Å². The molecule has 2 nitrogen and oxygen atoms in total. The first-order valence-electron chi connectivity index (χ1n) is 5.58. The van der Waals surface area contributed by atoms with Gasteiger partial charge in [-0.05, 0) is 24.5 Å². The van der Waals surface area contributed by atoms with E-state index < -0.39 is 0 Å². The lowest BCUT2D eigenvalue weighted by Gasteiger charge is -2.20. The topological polar surface area (TPSA) is 7.60 Å². The van der Waals surface area contributed by atoms with Crippen LogP contribution in [0, 0.1) is 6.57 Å². The van der Waals surface area contributed by atoms with E-state index in [1.165, 1.54) is 37.2 Å². The highest BCUT2D eigenvalue weighted by atomic mass is 15.1. The fourth-order valence-electron chi connectivity index (χ4n) is 2.17. The lowest BCUT2D eigenvalue weighted by Crippen LogP contribution is -2.19. The molecule has 1 aliphatic heterocycles. The van der Waals surface area contributed by atoms with Crippen molar-refractivity contribution >= 4 is 5.69 Å². The molecule has 0 radical (unpaired) electrons. The van der Waals surface area contributed by atoms with Gasteiger partial charge in [0, 0.05) is 25.2 Å². The molecule has 15 heavy (non-hydrogen) atoms. The van der Waals surface area contributed by atoms with Crippen LogP contribution in [0.3, 0.4) is 0 Å². The van der Waals surface area contributed by atoms with Gasteiger partial charge < -0.3 is 9.74 Å². The normalized spacial score (nSPS) is 15.3. The van der Waals surface area contributed by atoms with E-state index >= 15 is 0 Å². The Morgan fingerprint density at radius 1 is 1.20 bits per heavy atom. The van der Waals surface area contributed by atoms with Crippen LogP contribution in [0.5, 0.6) is 0 Å². The van der Waals surface area contributed by atoms with Gasteiger partial charge in [-0.15, -0.1) is 0 Å². The molecule has 1 aromatic carbocycles. The molecule has 78 valence electrons. The van der Waals surface area contributed by atoms with E-state index in [2.05, 4.69) is 34.0 Å². The van der Waals surface area contributed by atoms with Crippen molar-refractivity contribution in [1.29, 1.82) is 0 Å². The molecule has 0 amide bonds. The lowest BCUT2D eigenvalue weighted by molar-refractivity contribution is 0.943. The summed E-state index contributed by atoms with van der Waals surface area (Å²) in [5, 5.41) is 0.